The van der Waals surface area contributed by atoms with Crippen molar-refractivity contribution < 1.29 is 101 Å². The number of quaternary nitrogens is 2. The Balaban J connectivity index is 0.000000157. The molecule has 664 valence electrons. The van der Waals surface area contributed by atoms with Gasteiger partial charge in [-0.15, -0.1) is 24.0 Å². The van der Waals surface area contributed by atoms with Gasteiger partial charge in [0.25, 0.3) is 0 Å². The van der Waals surface area contributed by atoms with Gasteiger partial charge in [-0.1, -0.05) is 54.7 Å². The van der Waals surface area contributed by atoms with Crippen molar-refractivity contribution >= 4 is 79.1 Å². The number of likely N-dealkylation sites (tertiary alicyclic amines) is 3. The van der Waals surface area contributed by atoms with Crippen LogP contribution in [-0.4, -0.2) is 266 Å². The van der Waals surface area contributed by atoms with Crippen molar-refractivity contribution in [3.8, 4) is 0 Å². The van der Waals surface area contributed by atoms with E-state index in [9.17, 15) is 29.7 Å². The molecular weight excluding hydrogens is 1930 g/mol. The molecule has 0 spiro atoms. The molecule has 6 aliphatic heterocycles. The number of halogens is 5. The van der Waals surface area contributed by atoms with Crippen LogP contribution in [-0.2, 0) is 42.8 Å². The summed E-state index contributed by atoms with van der Waals surface area (Å²) in [6.07, 6.45) is 36.0. The van der Waals surface area contributed by atoms with E-state index in [0.717, 1.165) is 177 Å². The highest BCUT2D eigenvalue weighted by atomic mass is 128. The largest absolute Gasteiger partial charge is 1.00 e. The Morgan fingerprint density at radius 2 is 0.681 bits per heavy atom. The van der Waals surface area contributed by atoms with Gasteiger partial charge < -0.3 is 86.7 Å². The van der Waals surface area contributed by atoms with Crippen LogP contribution in [0.4, 0.5) is 0 Å². The Hall–Kier alpha value is 0.560. The molecular formula is C93H155Br2I3N6O12. The van der Waals surface area contributed by atoms with Gasteiger partial charge in [0.1, 0.15) is 18.2 Å². The summed E-state index contributed by atoms with van der Waals surface area (Å²) in [5.74, 6) is 7.70. The number of fused-ring (bicyclic) bond motifs is 15. The van der Waals surface area contributed by atoms with E-state index in [1.807, 2.05) is 0 Å². The third-order valence-corrected chi connectivity index (χ3v) is 38.2. The zero-order valence-electron chi connectivity index (χ0n) is 72.8. The second kappa shape index (κ2) is 39.3. The number of aliphatic hydroxyl groups excluding tert-OH is 3. The fourth-order valence-electron chi connectivity index (χ4n) is 32.9. The molecule has 12 saturated carbocycles. The standard InChI is InChI=1S/2C32H53N2O4.C29H48N2O4.2BrH.I2.HI/c2*1-5-14-34(15-6-7-16-34)28-20-26-24-9-8-23-19-29(36)27(33-12-17-37-18-13-33)21-32(23,4)25(24)10-11-31(26,3)30(28)38-22(2)35;1-19(32)35-27-24(30-10-4-5-11-30)17-23-21-7-6-20-16-26(33)25(31-12-14-34-15-13-31)18-29(20,3)22(21)8-9-28(23,27)2;;;1-2;/h2*5,23-30,36H,1,6-21H2,2-4H3;20-27,33H,4-18H2,1-3H3;2*1H;;1H/q2*+1;;;;;/p-2/t2*23-,24?,25?,26?,27-,28-,29-,30-,31-,32-;20-,21?,22?,23?,24-,25-,26-,27-,28-,29-;;;;/m000..../s1. The summed E-state index contributed by atoms with van der Waals surface area (Å²) in [6.45, 7) is 48.0. The normalized spacial score (nSPS) is 47.2. The Morgan fingerprint density at radius 3 is 0.983 bits per heavy atom. The number of ether oxygens (including phenoxy) is 6. The number of morpholine rings is 3. The number of carbonyl (C=O) groups is 3. The van der Waals surface area contributed by atoms with Gasteiger partial charge in [0.2, 0.25) is 0 Å². The Kier molecular flexibility index (Phi) is 32.4. The van der Waals surface area contributed by atoms with Gasteiger partial charge in [0, 0.05) is 176 Å². The summed E-state index contributed by atoms with van der Waals surface area (Å²) in [5, 5.41) is 33.7. The number of rotatable bonds is 13. The quantitative estimate of drug-likeness (QED) is 0.0523. The number of nitrogens with zero attached hydrogens (tertiary/aromatic N) is 6. The number of hydrogen-bond acceptors (Lipinski definition) is 16. The molecule has 3 N–H and O–H groups in total. The molecule has 0 radical (unpaired) electrons. The first-order valence-corrected chi connectivity index (χ1v) is 52.9. The molecule has 9 unspecified atom stereocenters. The molecule has 0 aromatic rings. The van der Waals surface area contributed by atoms with Crippen molar-refractivity contribution in [2.45, 2.75) is 309 Å². The highest BCUT2D eigenvalue weighted by Gasteiger charge is 2.72. The van der Waals surface area contributed by atoms with Gasteiger partial charge in [-0.3, -0.25) is 34.0 Å². The maximum atomic E-state index is 12.5. The molecule has 0 bridgehead atoms. The minimum absolute atomic E-state index is 0. The molecule has 6 saturated heterocycles. The van der Waals surface area contributed by atoms with Crippen molar-refractivity contribution in [2.75, 3.05) is 131 Å². The average Bonchev–Trinajstić information content (AvgIpc) is 1.55. The summed E-state index contributed by atoms with van der Waals surface area (Å²) < 4.78 is 38.0. The van der Waals surface area contributed by atoms with E-state index in [2.05, 4.69) is 124 Å². The van der Waals surface area contributed by atoms with Gasteiger partial charge in [0.15, 0.2) is 12.2 Å². The van der Waals surface area contributed by atoms with Crippen molar-refractivity contribution in [2.24, 2.45) is 104 Å². The molecule has 18 nitrogen and oxygen atoms in total. The monoisotopic (exact) mass is 2090 g/mol. The molecule has 18 rings (SSSR count). The molecule has 12 aliphatic carbocycles. The third kappa shape index (κ3) is 17.6. The maximum absolute atomic E-state index is 12.5. The highest BCUT2D eigenvalue weighted by molar-refractivity contribution is 15.0. The molecule has 0 aromatic carbocycles. The van der Waals surface area contributed by atoms with E-state index in [-0.39, 0.29) is 158 Å². The zero-order chi connectivity index (χ0) is 79.8. The molecule has 18 aliphatic rings. The Bertz CT molecular complexity index is 3140. The van der Waals surface area contributed by atoms with Crippen LogP contribution in [0.5, 0.6) is 0 Å². The Labute approximate surface area is 761 Å². The second-order valence-corrected chi connectivity index (χ2v) is 42.7. The summed E-state index contributed by atoms with van der Waals surface area (Å²) in [5.41, 5.74) is 1.09. The summed E-state index contributed by atoms with van der Waals surface area (Å²) in [6, 6.07) is 2.00. The minimum atomic E-state index is -0.209. The van der Waals surface area contributed by atoms with Crippen molar-refractivity contribution in [3.63, 3.8) is 0 Å². The number of aliphatic hydroxyl groups is 3. The van der Waals surface area contributed by atoms with Crippen LogP contribution in [0.3, 0.4) is 0 Å². The third-order valence-electron chi connectivity index (χ3n) is 38.2. The minimum Gasteiger partial charge on any atom is -1.00 e. The number of hydrogen-bond donors (Lipinski definition) is 3. The number of carbonyl (C=O) groups excluding carboxylic acids is 3. The van der Waals surface area contributed by atoms with E-state index < -0.39 is 0 Å². The first-order chi connectivity index (χ1) is 54.2. The molecule has 0 aromatic heterocycles. The molecule has 6 heterocycles. The van der Waals surface area contributed by atoms with Gasteiger partial charge in [-0.2, -0.15) is 0 Å². The molecule has 30 atom stereocenters. The zero-order valence-corrected chi connectivity index (χ0v) is 82.6. The lowest BCUT2D eigenvalue weighted by Crippen LogP contribution is -3.00. The van der Waals surface area contributed by atoms with Crippen LogP contribution in [0, 0.1) is 104 Å². The predicted molar refractivity (Wildman–Crippen MR) is 475 cm³/mol. The van der Waals surface area contributed by atoms with Crippen molar-refractivity contribution in [1.82, 2.24) is 19.6 Å². The van der Waals surface area contributed by atoms with Crippen molar-refractivity contribution in [3.05, 3.63) is 25.3 Å². The van der Waals surface area contributed by atoms with Gasteiger partial charge in [-0.05, 0) is 247 Å². The van der Waals surface area contributed by atoms with Crippen molar-refractivity contribution in [1.29, 1.82) is 0 Å². The fourth-order valence-corrected chi connectivity index (χ4v) is 32.9. The SMILES string of the molecule is C=CC[N+]1([C@H]2CC3C4CC[C@H]5C[C@H](O)[C@@H](N6CCOCC6)C[C@]5(C)C4CC[C@]3(C)[C@H]2OC(C)=O)CCCC1.C=CC[N+]1([C@H]2CC3C4CC[C@H]5C[C@H](O)[C@@H](N6CCOCC6)C[C@]5(C)C4CC[C@]3(C)[C@H]2OC(C)=O)CCCC1.CC(=O)O[C@H]1[C@@H](N2CCCC2)CC2C3CC[C@H]4C[C@H](O)[C@@H](N5CCOCC5)C[C@]4(C)C3CC[C@@]21C.I.II.[Br-].[Br-]. The smallest absolute Gasteiger partial charge is 0.303 e. The van der Waals surface area contributed by atoms with Crippen LogP contribution in [0.2, 0.25) is 0 Å². The van der Waals surface area contributed by atoms with Crippen LogP contribution in [0.15, 0.2) is 25.3 Å². The lowest BCUT2D eigenvalue weighted by atomic mass is 9.44. The van der Waals surface area contributed by atoms with Crippen LogP contribution >= 0.6 is 61.2 Å². The topological polar surface area (TPSA) is 180 Å². The number of esters is 3. The van der Waals surface area contributed by atoms with Gasteiger partial charge in [-0.25, -0.2) is 0 Å². The Morgan fingerprint density at radius 1 is 0.397 bits per heavy atom. The van der Waals surface area contributed by atoms with Crippen LogP contribution < -0.4 is 34.0 Å². The molecule has 18 fully saturated rings. The second-order valence-electron chi connectivity index (χ2n) is 42.7. The van der Waals surface area contributed by atoms with E-state index in [1.54, 1.807) is 20.8 Å². The van der Waals surface area contributed by atoms with Gasteiger partial charge >= 0.3 is 17.9 Å². The van der Waals surface area contributed by atoms with Crippen LogP contribution in [0.25, 0.3) is 0 Å². The highest BCUT2D eigenvalue weighted by Crippen LogP contribution is 2.72. The van der Waals surface area contributed by atoms with E-state index in [4.69, 9.17) is 28.4 Å². The van der Waals surface area contributed by atoms with E-state index in [1.165, 1.54) is 148 Å². The predicted octanol–water partition coefficient (Wildman–Crippen LogP) is 8.92. The lowest BCUT2D eigenvalue weighted by Gasteiger charge is -2.62. The molecule has 116 heavy (non-hydrogen) atoms. The van der Waals surface area contributed by atoms with Gasteiger partial charge in [0.05, 0.1) is 97.2 Å². The average molecular weight is 2090 g/mol. The van der Waals surface area contributed by atoms with E-state index in [0.29, 0.717) is 82.7 Å². The summed E-state index contributed by atoms with van der Waals surface area (Å²) >= 11 is 4.24. The van der Waals surface area contributed by atoms with Crippen LogP contribution in [0.1, 0.15) is 236 Å². The summed E-state index contributed by atoms with van der Waals surface area (Å²) in [7, 11) is 0. The molecule has 23 heteroatoms. The fraction of sp³-hybridized carbons (Fsp3) is 0.925. The lowest BCUT2D eigenvalue weighted by molar-refractivity contribution is -0.937. The molecule has 0 amide bonds. The van der Waals surface area contributed by atoms with E-state index >= 15 is 0 Å². The summed E-state index contributed by atoms with van der Waals surface area (Å²) in [4.78, 5) is 47.5. The maximum Gasteiger partial charge on any atom is 0.303 e. The first kappa shape index (κ1) is 95.7. The first-order valence-electron chi connectivity index (χ1n) is 46.6.